The number of carbonyl (C=O) groups is 1. The minimum atomic E-state index is -0.173. The third-order valence-electron chi connectivity index (χ3n) is 3.64. The van der Waals surface area contributed by atoms with Crippen molar-refractivity contribution in [2.24, 2.45) is 0 Å². The first-order chi connectivity index (χ1) is 11.4. The molecular weight excluding hydrogens is 366 g/mol. The number of hydrogen-bond acceptors (Lipinski definition) is 2. The van der Waals surface area contributed by atoms with Crippen molar-refractivity contribution in [3.63, 3.8) is 0 Å². The Kier molecular flexibility index (Phi) is 4.53. The van der Waals surface area contributed by atoms with Crippen molar-refractivity contribution in [3.8, 4) is 5.69 Å². The van der Waals surface area contributed by atoms with Crippen LogP contribution in [0, 0.1) is 20.8 Å². The Labute approximate surface area is 149 Å². The van der Waals surface area contributed by atoms with Crippen LogP contribution < -0.4 is 5.32 Å². The number of nitrogens with zero attached hydrogens (tertiary/aromatic N) is 2. The van der Waals surface area contributed by atoms with E-state index < -0.39 is 0 Å². The highest BCUT2D eigenvalue weighted by Gasteiger charge is 2.14. The predicted molar refractivity (Wildman–Crippen MR) is 99.9 cm³/mol. The molecule has 0 saturated heterocycles. The molecule has 0 aliphatic rings. The average molecular weight is 384 g/mol. The van der Waals surface area contributed by atoms with Gasteiger partial charge in [0.1, 0.15) is 5.82 Å². The largest absolute Gasteiger partial charge is 0.306 e. The highest BCUT2D eigenvalue weighted by atomic mass is 79.9. The van der Waals surface area contributed by atoms with Crippen LogP contribution in [-0.2, 0) is 0 Å². The average Bonchev–Trinajstić information content (AvgIpc) is 2.87. The second-order valence-electron chi connectivity index (χ2n) is 5.86. The van der Waals surface area contributed by atoms with Crippen LogP contribution in [0.3, 0.4) is 0 Å². The highest BCUT2D eigenvalue weighted by molar-refractivity contribution is 9.10. The maximum atomic E-state index is 12.6. The maximum absolute atomic E-state index is 12.6. The molecule has 1 N–H and O–H groups in total. The van der Waals surface area contributed by atoms with E-state index in [1.54, 1.807) is 10.7 Å². The number of rotatable bonds is 3. The van der Waals surface area contributed by atoms with E-state index in [-0.39, 0.29) is 5.91 Å². The van der Waals surface area contributed by atoms with Crippen molar-refractivity contribution in [2.75, 3.05) is 5.32 Å². The van der Waals surface area contributed by atoms with Crippen LogP contribution in [0.4, 0.5) is 5.82 Å². The van der Waals surface area contributed by atoms with Crippen molar-refractivity contribution >= 4 is 27.7 Å². The lowest BCUT2D eigenvalue weighted by Gasteiger charge is -2.11. The second-order valence-corrected chi connectivity index (χ2v) is 6.72. The molecule has 0 aliphatic carbocycles. The van der Waals surface area contributed by atoms with Crippen molar-refractivity contribution in [1.29, 1.82) is 0 Å². The van der Waals surface area contributed by atoms with Gasteiger partial charge in [0.25, 0.3) is 5.91 Å². The van der Waals surface area contributed by atoms with Crippen LogP contribution in [0.25, 0.3) is 5.69 Å². The molecule has 122 valence electrons. The van der Waals surface area contributed by atoms with Gasteiger partial charge in [-0.25, -0.2) is 4.68 Å². The molecule has 5 heteroatoms. The summed E-state index contributed by atoms with van der Waals surface area (Å²) in [4.78, 5) is 12.6. The molecule has 0 unspecified atom stereocenters. The fourth-order valence-corrected chi connectivity index (χ4v) is 3.15. The third-order valence-corrected chi connectivity index (χ3v) is 4.33. The van der Waals surface area contributed by atoms with Crippen LogP contribution >= 0.6 is 15.9 Å². The SMILES string of the molecule is Cc1cc(C)cc(-n2nc(C)cc2NC(=O)c2ccccc2Br)c1. The number of amides is 1. The van der Waals surface area contributed by atoms with Gasteiger partial charge in [-0.05, 0) is 72.1 Å². The van der Waals surface area contributed by atoms with Crippen LogP contribution in [0.1, 0.15) is 27.2 Å². The second kappa shape index (κ2) is 6.61. The van der Waals surface area contributed by atoms with Crippen LogP contribution in [0.2, 0.25) is 0 Å². The summed E-state index contributed by atoms with van der Waals surface area (Å²) in [7, 11) is 0. The molecule has 24 heavy (non-hydrogen) atoms. The summed E-state index contributed by atoms with van der Waals surface area (Å²) in [5, 5.41) is 7.48. The summed E-state index contributed by atoms with van der Waals surface area (Å²) in [6.07, 6.45) is 0. The van der Waals surface area contributed by atoms with E-state index in [1.807, 2.05) is 57.2 Å². The molecular formula is C19H18BrN3O. The van der Waals surface area contributed by atoms with Gasteiger partial charge in [0, 0.05) is 10.5 Å². The Balaban J connectivity index is 1.98. The third kappa shape index (κ3) is 3.41. The number of benzene rings is 2. The number of aromatic nitrogens is 2. The molecule has 0 spiro atoms. The number of aryl methyl sites for hydroxylation is 3. The molecule has 0 radical (unpaired) electrons. The zero-order valence-corrected chi connectivity index (χ0v) is 15.4. The quantitative estimate of drug-likeness (QED) is 0.704. The molecule has 0 saturated carbocycles. The lowest BCUT2D eigenvalue weighted by Crippen LogP contribution is -2.15. The van der Waals surface area contributed by atoms with E-state index in [4.69, 9.17) is 0 Å². The van der Waals surface area contributed by atoms with Gasteiger partial charge >= 0.3 is 0 Å². The topological polar surface area (TPSA) is 46.9 Å². The van der Waals surface area contributed by atoms with Gasteiger partial charge in [-0.1, -0.05) is 18.2 Å². The van der Waals surface area contributed by atoms with Gasteiger partial charge in [0.05, 0.1) is 16.9 Å². The van der Waals surface area contributed by atoms with Gasteiger partial charge < -0.3 is 5.32 Å². The molecule has 0 aliphatic heterocycles. The van der Waals surface area contributed by atoms with Crippen molar-refractivity contribution in [1.82, 2.24) is 9.78 Å². The highest BCUT2D eigenvalue weighted by Crippen LogP contribution is 2.22. The van der Waals surface area contributed by atoms with E-state index in [0.29, 0.717) is 11.4 Å². The fourth-order valence-electron chi connectivity index (χ4n) is 2.69. The van der Waals surface area contributed by atoms with E-state index in [9.17, 15) is 4.79 Å². The van der Waals surface area contributed by atoms with Gasteiger partial charge in [-0.3, -0.25) is 4.79 Å². The van der Waals surface area contributed by atoms with Crippen molar-refractivity contribution < 1.29 is 4.79 Å². The zero-order chi connectivity index (χ0) is 17.3. The molecule has 1 heterocycles. The minimum absolute atomic E-state index is 0.173. The Hall–Kier alpha value is -2.40. The Bertz CT molecular complexity index is 894. The molecule has 3 aromatic rings. The van der Waals surface area contributed by atoms with Gasteiger partial charge in [-0.2, -0.15) is 5.10 Å². The van der Waals surface area contributed by atoms with Crippen LogP contribution in [0.5, 0.6) is 0 Å². The number of carbonyl (C=O) groups excluding carboxylic acids is 1. The molecule has 2 aromatic carbocycles. The molecule has 1 aromatic heterocycles. The molecule has 0 fully saturated rings. The van der Waals surface area contributed by atoms with E-state index in [2.05, 4.69) is 32.4 Å². The first-order valence-corrected chi connectivity index (χ1v) is 8.44. The first kappa shape index (κ1) is 16.5. The minimum Gasteiger partial charge on any atom is -0.306 e. The summed E-state index contributed by atoms with van der Waals surface area (Å²) in [5.74, 6) is 0.478. The van der Waals surface area contributed by atoms with Crippen molar-refractivity contribution in [2.45, 2.75) is 20.8 Å². The molecule has 1 amide bonds. The maximum Gasteiger partial charge on any atom is 0.257 e. The van der Waals surface area contributed by atoms with Gasteiger partial charge in [-0.15, -0.1) is 0 Å². The zero-order valence-electron chi connectivity index (χ0n) is 13.8. The summed E-state index contributed by atoms with van der Waals surface area (Å²) in [6, 6.07) is 15.4. The summed E-state index contributed by atoms with van der Waals surface area (Å²) >= 11 is 3.41. The Morgan fingerprint density at radius 2 is 1.71 bits per heavy atom. The number of nitrogens with one attached hydrogen (secondary N) is 1. The molecule has 0 bridgehead atoms. The Morgan fingerprint density at radius 3 is 2.38 bits per heavy atom. The van der Waals surface area contributed by atoms with E-state index >= 15 is 0 Å². The summed E-state index contributed by atoms with van der Waals surface area (Å²) in [6.45, 7) is 6.01. The molecule has 4 nitrogen and oxygen atoms in total. The monoisotopic (exact) mass is 383 g/mol. The predicted octanol–water partition coefficient (Wildman–Crippen LogP) is 4.81. The molecule has 3 rings (SSSR count). The summed E-state index contributed by atoms with van der Waals surface area (Å²) in [5.41, 5.74) is 4.67. The lowest BCUT2D eigenvalue weighted by atomic mass is 10.1. The number of halogens is 1. The van der Waals surface area contributed by atoms with Crippen LogP contribution in [-0.4, -0.2) is 15.7 Å². The normalized spacial score (nSPS) is 10.7. The first-order valence-electron chi connectivity index (χ1n) is 7.65. The van der Waals surface area contributed by atoms with Crippen molar-refractivity contribution in [3.05, 3.63) is 75.4 Å². The molecule has 0 atom stereocenters. The van der Waals surface area contributed by atoms with E-state index in [0.717, 1.165) is 27.0 Å². The number of anilines is 1. The van der Waals surface area contributed by atoms with E-state index in [1.165, 1.54) is 0 Å². The van der Waals surface area contributed by atoms with Gasteiger partial charge in [0.2, 0.25) is 0 Å². The standard InChI is InChI=1S/C19H18BrN3O/c1-12-8-13(2)10-15(9-12)23-18(11-14(3)22-23)21-19(24)16-6-4-5-7-17(16)20/h4-11H,1-3H3,(H,21,24). The Morgan fingerprint density at radius 1 is 1.04 bits per heavy atom. The number of hydrogen-bond donors (Lipinski definition) is 1. The lowest BCUT2D eigenvalue weighted by molar-refractivity contribution is 0.102. The van der Waals surface area contributed by atoms with Crippen LogP contribution in [0.15, 0.2) is 53.0 Å². The smallest absolute Gasteiger partial charge is 0.257 e. The summed E-state index contributed by atoms with van der Waals surface area (Å²) < 4.78 is 2.53. The fraction of sp³-hybridized carbons (Fsp3) is 0.158. The van der Waals surface area contributed by atoms with Gasteiger partial charge in [0.15, 0.2) is 0 Å².